The van der Waals surface area contributed by atoms with Crippen molar-refractivity contribution in [3.63, 3.8) is 0 Å². The number of anilines is 1. The molecule has 32 heavy (non-hydrogen) atoms. The number of hydrogen-bond donors (Lipinski definition) is 2. The summed E-state index contributed by atoms with van der Waals surface area (Å²) in [7, 11) is 0.587. The van der Waals surface area contributed by atoms with Crippen molar-refractivity contribution in [3.8, 4) is 0 Å². The van der Waals surface area contributed by atoms with Gasteiger partial charge in [0.1, 0.15) is 5.69 Å². The molecule has 2 heterocycles. The zero-order valence-electron chi connectivity index (χ0n) is 20.1. The predicted octanol–water partition coefficient (Wildman–Crippen LogP) is 4.33. The van der Waals surface area contributed by atoms with E-state index in [1.54, 1.807) is 16.8 Å². The third-order valence-corrected chi connectivity index (χ3v) is 7.51. The van der Waals surface area contributed by atoms with E-state index in [-0.39, 0.29) is 0 Å². The van der Waals surface area contributed by atoms with Crippen LogP contribution in [0.2, 0.25) is 0 Å². The first-order valence-electron chi connectivity index (χ1n) is 11.6. The molecule has 1 aliphatic rings. The van der Waals surface area contributed by atoms with Gasteiger partial charge in [0.05, 0.1) is 17.5 Å². The van der Waals surface area contributed by atoms with Gasteiger partial charge in [-0.2, -0.15) is 14.4 Å². The fourth-order valence-electron chi connectivity index (χ4n) is 4.05. The van der Waals surface area contributed by atoms with Gasteiger partial charge < -0.3 is 9.64 Å². The molecular formula is C24H39N4O3S+. The van der Waals surface area contributed by atoms with Gasteiger partial charge in [0.15, 0.2) is 0 Å². The number of hydrogen-bond acceptors (Lipinski definition) is 4. The van der Waals surface area contributed by atoms with Crippen LogP contribution in [0.4, 0.5) is 5.69 Å². The number of ether oxygens (including phenoxy) is 1. The Morgan fingerprint density at radius 3 is 2.50 bits per heavy atom. The second-order valence-electron chi connectivity index (χ2n) is 9.38. The van der Waals surface area contributed by atoms with Gasteiger partial charge in [-0.3, -0.25) is 4.68 Å². The largest absolute Gasteiger partial charge is 0.378 e. The first kappa shape index (κ1) is 24.9. The van der Waals surface area contributed by atoms with Crippen LogP contribution in [0.3, 0.4) is 0 Å². The molecule has 178 valence electrons. The van der Waals surface area contributed by atoms with Crippen LogP contribution in [0.5, 0.6) is 0 Å². The summed E-state index contributed by atoms with van der Waals surface area (Å²) in [5, 5.41) is 4.52. The third-order valence-electron chi connectivity index (χ3n) is 6.12. The highest BCUT2D eigenvalue weighted by Crippen LogP contribution is 2.28. The van der Waals surface area contributed by atoms with Crippen molar-refractivity contribution in [2.75, 3.05) is 31.5 Å². The van der Waals surface area contributed by atoms with E-state index in [2.05, 4.69) is 35.6 Å². The Morgan fingerprint density at radius 1 is 1.22 bits per heavy atom. The lowest BCUT2D eigenvalue weighted by molar-refractivity contribution is 0.0116. The van der Waals surface area contributed by atoms with E-state index in [0.29, 0.717) is 22.6 Å². The molecule has 0 bridgehead atoms. The molecule has 1 atom stereocenters. The standard InChI is InChI=1S/C24H38N4O3S/c1-18(2)17-23-24(19(3)28(5)25-23)26-32(29,30)22-10-8-20(9-11-22)7-6-16-31-21-12-14-27(4)15-13-21/h8-11,18,21H,6-7,12-17H2,1-5H3,(H-,26,29,30)/p+1. The second kappa shape index (κ2) is 10.9. The summed E-state index contributed by atoms with van der Waals surface area (Å²) in [5.74, 6) is 0.405. The van der Waals surface area contributed by atoms with Crippen molar-refractivity contribution in [2.24, 2.45) is 13.0 Å². The Balaban J connectivity index is 1.55. The molecule has 0 radical (unpaired) electrons. The summed E-state index contributed by atoms with van der Waals surface area (Å²) in [6.07, 6.45) is 5.20. The highest BCUT2D eigenvalue weighted by atomic mass is 32.3. The molecule has 0 spiro atoms. The van der Waals surface area contributed by atoms with E-state index in [1.807, 2.05) is 26.1 Å². The summed E-state index contributed by atoms with van der Waals surface area (Å²) >= 11 is 0. The quantitative estimate of drug-likeness (QED) is 0.405. The summed E-state index contributed by atoms with van der Waals surface area (Å²) in [6.45, 7) is 9.11. The monoisotopic (exact) mass is 463 g/mol. The molecule has 1 unspecified atom stereocenters. The van der Waals surface area contributed by atoms with Crippen LogP contribution in [0.1, 0.15) is 50.1 Å². The number of nitrogens with one attached hydrogen (secondary N) is 1. The van der Waals surface area contributed by atoms with Crippen molar-refractivity contribution in [1.82, 2.24) is 14.7 Å². The number of aromatic nitrogens is 2. The maximum Gasteiger partial charge on any atom is 0.346 e. The minimum atomic E-state index is -3.42. The number of piperidine rings is 1. The van der Waals surface area contributed by atoms with Gasteiger partial charge in [0.2, 0.25) is 4.90 Å². The Labute approximate surface area is 193 Å². The third kappa shape index (κ3) is 6.63. The lowest BCUT2D eigenvalue weighted by Crippen LogP contribution is -2.34. The van der Waals surface area contributed by atoms with Gasteiger partial charge >= 0.3 is 10.4 Å². The predicted molar refractivity (Wildman–Crippen MR) is 130 cm³/mol. The van der Waals surface area contributed by atoms with Crippen LogP contribution >= 0.6 is 0 Å². The lowest BCUT2D eigenvalue weighted by Gasteiger charge is -2.28. The molecule has 8 heteroatoms. The molecule has 1 aromatic carbocycles. The second-order valence-corrected chi connectivity index (χ2v) is 11.1. The summed E-state index contributed by atoms with van der Waals surface area (Å²) in [4.78, 5) is 2.72. The van der Waals surface area contributed by atoms with Gasteiger partial charge in [-0.05, 0) is 73.9 Å². The topological polar surface area (TPSA) is 79.6 Å². The number of benzene rings is 1. The molecule has 7 nitrogen and oxygen atoms in total. The number of aryl methyl sites for hydroxylation is 2. The van der Waals surface area contributed by atoms with Gasteiger partial charge in [0.25, 0.3) is 0 Å². The molecule has 0 aliphatic carbocycles. The maximum atomic E-state index is 13.1. The van der Waals surface area contributed by atoms with E-state index in [1.165, 1.54) is 0 Å². The molecule has 1 aliphatic heterocycles. The number of nitrogens with zero attached hydrogens (tertiary/aromatic N) is 3. The van der Waals surface area contributed by atoms with E-state index in [4.69, 9.17) is 4.74 Å². The number of rotatable bonds is 10. The maximum absolute atomic E-state index is 13.1. The fraction of sp³-hybridized carbons (Fsp3) is 0.625. The molecule has 0 saturated carbocycles. The van der Waals surface area contributed by atoms with Crippen molar-refractivity contribution >= 4 is 16.1 Å². The molecule has 1 fully saturated rings. The van der Waals surface area contributed by atoms with Gasteiger partial charge in [0, 0.05) is 26.7 Å². The number of likely N-dealkylation sites (tertiary alicyclic amines) is 1. The SMILES string of the molecule is Cc1c(N[S+](=O)(O)c2ccc(CCCOC3CCN(C)CC3)cc2)c(CC(C)C)nn1C. The van der Waals surface area contributed by atoms with Gasteiger partial charge in [-0.25, -0.2) is 0 Å². The highest BCUT2D eigenvalue weighted by molar-refractivity contribution is 7.99. The van der Waals surface area contributed by atoms with Crippen molar-refractivity contribution < 1.29 is 13.5 Å². The normalized spacial score (nSPS) is 17.6. The molecule has 0 amide bonds. The minimum Gasteiger partial charge on any atom is -0.378 e. The fourth-order valence-corrected chi connectivity index (χ4v) is 5.22. The van der Waals surface area contributed by atoms with Crippen LogP contribution in [-0.4, -0.2) is 52.1 Å². The van der Waals surface area contributed by atoms with E-state index in [0.717, 1.165) is 68.8 Å². The van der Waals surface area contributed by atoms with Gasteiger partial charge in [-0.15, -0.1) is 0 Å². The van der Waals surface area contributed by atoms with Gasteiger partial charge in [-0.1, -0.05) is 26.0 Å². The van der Waals surface area contributed by atoms with E-state index < -0.39 is 10.4 Å². The molecule has 1 saturated heterocycles. The first-order chi connectivity index (χ1) is 15.2. The molecule has 2 N–H and O–H groups in total. The van der Waals surface area contributed by atoms with Crippen LogP contribution in [0.25, 0.3) is 0 Å². The summed E-state index contributed by atoms with van der Waals surface area (Å²) in [6, 6.07) is 7.37. The first-order valence-corrected chi connectivity index (χ1v) is 13.1. The molecule has 1 aromatic heterocycles. The zero-order chi connectivity index (χ0) is 23.3. The minimum absolute atomic E-state index is 0.377. The van der Waals surface area contributed by atoms with Crippen LogP contribution in [0, 0.1) is 12.8 Å². The Morgan fingerprint density at radius 2 is 1.88 bits per heavy atom. The van der Waals surface area contributed by atoms with E-state index >= 15 is 0 Å². The lowest BCUT2D eigenvalue weighted by atomic mass is 10.1. The van der Waals surface area contributed by atoms with Crippen LogP contribution in [-0.2, 0) is 39.2 Å². The Hall–Kier alpha value is -1.74. The van der Waals surface area contributed by atoms with Crippen LogP contribution in [0.15, 0.2) is 29.2 Å². The van der Waals surface area contributed by atoms with Crippen LogP contribution < -0.4 is 4.72 Å². The smallest absolute Gasteiger partial charge is 0.346 e. The summed E-state index contributed by atoms with van der Waals surface area (Å²) < 4.78 is 34.5. The molecule has 3 rings (SSSR count). The molecular weight excluding hydrogens is 424 g/mol. The Kier molecular flexibility index (Phi) is 8.49. The zero-order valence-corrected chi connectivity index (χ0v) is 21.0. The average molecular weight is 464 g/mol. The summed E-state index contributed by atoms with van der Waals surface area (Å²) in [5.41, 5.74) is 3.48. The molecule has 2 aromatic rings. The highest BCUT2D eigenvalue weighted by Gasteiger charge is 2.32. The van der Waals surface area contributed by atoms with E-state index in [9.17, 15) is 8.76 Å². The average Bonchev–Trinajstić information content (AvgIpc) is 2.99. The van der Waals surface area contributed by atoms with Crippen molar-refractivity contribution in [1.29, 1.82) is 0 Å². The Bertz CT molecular complexity index is 918. The van der Waals surface area contributed by atoms with Crippen molar-refractivity contribution in [3.05, 3.63) is 41.2 Å². The van der Waals surface area contributed by atoms with Crippen molar-refractivity contribution in [2.45, 2.75) is 63.9 Å².